The van der Waals surface area contributed by atoms with Crippen LogP contribution < -0.4 is 10.1 Å². The van der Waals surface area contributed by atoms with E-state index >= 15 is 0 Å². The Labute approximate surface area is 213 Å². The van der Waals surface area contributed by atoms with Gasteiger partial charge in [0.05, 0.1) is 25.2 Å². The van der Waals surface area contributed by atoms with Crippen molar-refractivity contribution in [1.82, 2.24) is 9.62 Å². The highest BCUT2D eigenvalue weighted by atomic mass is 32.2. The van der Waals surface area contributed by atoms with Crippen molar-refractivity contribution in [2.45, 2.75) is 68.6 Å². The van der Waals surface area contributed by atoms with Gasteiger partial charge in [0.1, 0.15) is 5.75 Å². The minimum absolute atomic E-state index is 0.0518. The molecule has 10 heteroatoms. The number of sulfonamides is 1. The van der Waals surface area contributed by atoms with Gasteiger partial charge in [0.2, 0.25) is 16.3 Å². The molecule has 4 rings (SSSR count). The second-order valence-corrected chi connectivity index (χ2v) is 11.7. The molecule has 0 aromatic heterocycles. The number of nitrogens with zero attached hydrogens (tertiary/aromatic N) is 1. The maximum absolute atomic E-state index is 13.1. The van der Waals surface area contributed by atoms with E-state index in [4.69, 9.17) is 14.2 Å². The molecule has 1 aliphatic heterocycles. The van der Waals surface area contributed by atoms with Crippen LogP contribution in [0.25, 0.3) is 0 Å². The Balaban J connectivity index is 1.35. The Morgan fingerprint density at radius 1 is 1.11 bits per heavy atom. The molecule has 2 N–H and O–H groups in total. The molecule has 200 valence electrons. The third-order valence-corrected chi connectivity index (χ3v) is 9.08. The molecule has 1 amide bonds. The molecular formula is C26H38N2O7S. The molecule has 0 spiro atoms. The van der Waals surface area contributed by atoms with E-state index in [0.29, 0.717) is 23.8 Å². The zero-order chi connectivity index (χ0) is 25.5. The van der Waals surface area contributed by atoms with E-state index in [0.717, 1.165) is 38.5 Å². The Bertz CT molecular complexity index is 1000. The van der Waals surface area contributed by atoms with Gasteiger partial charge in [-0.25, -0.2) is 8.42 Å². The van der Waals surface area contributed by atoms with Gasteiger partial charge in [-0.15, -0.1) is 0 Å². The quantitative estimate of drug-likeness (QED) is 0.434. The SMILES string of the molecule is COc1ccc(S(=O)(=O)N(CCO)CCO[C@H]2C[C@@H](C3CC3)C=C(C(=O)NC3CCCCC3)O2)cc1. The third kappa shape index (κ3) is 7.00. The molecule has 2 fully saturated rings. The Morgan fingerprint density at radius 2 is 1.83 bits per heavy atom. The number of nitrogens with one attached hydrogen (secondary N) is 1. The summed E-state index contributed by atoms with van der Waals surface area (Å²) in [5, 5.41) is 12.6. The van der Waals surface area contributed by atoms with Crippen molar-refractivity contribution in [1.29, 1.82) is 0 Å². The fourth-order valence-corrected chi connectivity index (χ4v) is 6.36. The summed E-state index contributed by atoms with van der Waals surface area (Å²) in [5.41, 5.74) is 0. The lowest BCUT2D eigenvalue weighted by atomic mass is 9.94. The fraction of sp³-hybridized carbons (Fsp3) is 0.654. The Hall–Kier alpha value is -2.14. The predicted molar refractivity (Wildman–Crippen MR) is 134 cm³/mol. The maximum atomic E-state index is 13.1. The number of hydrogen-bond donors (Lipinski definition) is 2. The van der Waals surface area contributed by atoms with E-state index in [2.05, 4.69) is 5.32 Å². The molecule has 0 unspecified atom stereocenters. The Kier molecular flexibility index (Phi) is 9.27. The predicted octanol–water partition coefficient (Wildman–Crippen LogP) is 2.80. The molecule has 36 heavy (non-hydrogen) atoms. The smallest absolute Gasteiger partial charge is 0.286 e. The zero-order valence-electron chi connectivity index (χ0n) is 20.9. The molecule has 1 aromatic carbocycles. The second kappa shape index (κ2) is 12.4. The minimum atomic E-state index is -3.82. The first kappa shape index (κ1) is 26.9. The van der Waals surface area contributed by atoms with Gasteiger partial charge in [0.25, 0.3) is 5.91 Å². The van der Waals surface area contributed by atoms with Crippen LogP contribution in [-0.2, 0) is 24.3 Å². The van der Waals surface area contributed by atoms with Crippen LogP contribution in [0.5, 0.6) is 5.75 Å². The lowest BCUT2D eigenvalue weighted by Crippen LogP contribution is -2.41. The van der Waals surface area contributed by atoms with E-state index in [1.165, 1.54) is 30.0 Å². The van der Waals surface area contributed by atoms with Crippen LogP contribution in [0.2, 0.25) is 0 Å². The number of allylic oxidation sites excluding steroid dienone is 1. The monoisotopic (exact) mass is 522 g/mol. The fourth-order valence-electron chi connectivity index (χ4n) is 4.95. The van der Waals surface area contributed by atoms with Crippen molar-refractivity contribution in [3.8, 4) is 5.75 Å². The number of carbonyl (C=O) groups excluding carboxylic acids is 1. The normalized spacial score (nSPS) is 23.1. The number of aliphatic hydroxyl groups excluding tert-OH is 1. The average molecular weight is 523 g/mol. The number of rotatable bonds is 12. The zero-order valence-corrected chi connectivity index (χ0v) is 21.8. The van der Waals surface area contributed by atoms with Crippen LogP contribution in [0.1, 0.15) is 51.4 Å². The van der Waals surface area contributed by atoms with Crippen LogP contribution in [0, 0.1) is 11.8 Å². The standard InChI is InChI=1S/C26H38N2O7S/c1-33-22-9-11-23(12-10-22)36(31,32)28(13-15-29)14-16-34-25-18-20(19-7-8-19)17-24(35-25)26(30)27-21-5-3-2-4-6-21/h9-12,17,19-21,25,29H,2-8,13-16,18H2,1H3,(H,27,30)/t20-,25+/m0/s1. The summed E-state index contributed by atoms with van der Waals surface area (Å²) in [4.78, 5) is 13.0. The molecule has 1 heterocycles. The van der Waals surface area contributed by atoms with Crippen molar-refractivity contribution >= 4 is 15.9 Å². The number of amides is 1. The molecule has 0 bridgehead atoms. The molecule has 2 saturated carbocycles. The van der Waals surface area contributed by atoms with E-state index in [1.54, 1.807) is 12.1 Å². The molecule has 2 atom stereocenters. The first-order valence-electron chi connectivity index (χ1n) is 13.0. The largest absolute Gasteiger partial charge is 0.497 e. The van der Waals surface area contributed by atoms with E-state index < -0.39 is 16.3 Å². The highest BCUT2D eigenvalue weighted by Gasteiger charge is 2.37. The summed E-state index contributed by atoms with van der Waals surface area (Å²) < 4.78 is 44.4. The topological polar surface area (TPSA) is 114 Å². The molecule has 0 saturated heterocycles. The summed E-state index contributed by atoms with van der Waals surface area (Å²) >= 11 is 0. The van der Waals surface area contributed by atoms with Crippen molar-refractivity contribution in [3.05, 3.63) is 36.1 Å². The molecule has 2 aliphatic carbocycles. The number of aliphatic hydroxyl groups is 1. The highest BCUT2D eigenvalue weighted by molar-refractivity contribution is 7.89. The van der Waals surface area contributed by atoms with E-state index in [1.807, 2.05) is 6.08 Å². The summed E-state index contributed by atoms with van der Waals surface area (Å²) in [7, 11) is -2.31. The summed E-state index contributed by atoms with van der Waals surface area (Å²) in [6, 6.07) is 6.31. The van der Waals surface area contributed by atoms with Crippen LogP contribution in [0.4, 0.5) is 0 Å². The minimum Gasteiger partial charge on any atom is -0.497 e. The lowest BCUT2D eigenvalue weighted by molar-refractivity contribution is -0.150. The second-order valence-electron chi connectivity index (χ2n) is 9.80. The third-order valence-electron chi connectivity index (χ3n) is 7.17. The first-order chi connectivity index (χ1) is 17.4. The molecule has 3 aliphatic rings. The summed E-state index contributed by atoms with van der Waals surface area (Å²) in [5.74, 6) is 1.44. The number of hydrogen-bond acceptors (Lipinski definition) is 7. The van der Waals surface area contributed by atoms with Crippen LogP contribution in [0.15, 0.2) is 41.0 Å². The van der Waals surface area contributed by atoms with Gasteiger partial charge in [-0.2, -0.15) is 4.31 Å². The maximum Gasteiger partial charge on any atom is 0.286 e. The number of methoxy groups -OCH3 is 1. The lowest BCUT2D eigenvalue weighted by Gasteiger charge is -2.31. The number of ether oxygens (including phenoxy) is 3. The first-order valence-corrected chi connectivity index (χ1v) is 14.4. The van der Waals surface area contributed by atoms with Crippen LogP contribution in [0.3, 0.4) is 0 Å². The molecule has 9 nitrogen and oxygen atoms in total. The highest BCUT2D eigenvalue weighted by Crippen LogP contribution is 2.42. The van der Waals surface area contributed by atoms with Gasteiger partial charge in [-0.1, -0.05) is 19.3 Å². The van der Waals surface area contributed by atoms with Gasteiger partial charge in [-0.05, 0) is 67.9 Å². The van der Waals surface area contributed by atoms with Crippen LogP contribution >= 0.6 is 0 Å². The van der Waals surface area contributed by atoms with Gasteiger partial charge < -0.3 is 24.6 Å². The van der Waals surface area contributed by atoms with Gasteiger partial charge in [-0.3, -0.25) is 4.79 Å². The van der Waals surface area contributed by atoms with Crippen molar-refractivity contribution < 1.29 is 32.5 Å². The summed E-state index contributed by atoms with van der Waals surface area (Å²) in [6.07, 6.45) is 9.70. The van der Waals surface area contributed by atoms with Gasteiger partial charge in [0.15, 0.2) is 5.76 Å². The van der Waals surface area contributed by atoms with Gasteiger partial charge in [0, 0.05) is 25.6 Å². The van der Waals surface area contributed by atoms with Crippen LogP contribution in [-0.4, -0.2) is 69.5 Å². The van der Waals surface area contributed by atoms with E-state index in [9.17, 15) is 18.3 Å². The molecular weight excluding hydrogens is 484 g/mol. The Morgan fingerprint density at radius 3 is 2.47 bits per heavy atom. The van der Waals surface area contributed by atoms with Crippen molar-refractivity contribution in [2.24, 2.45) is 11.8 Å². The number of carbonyl (C=O) groups is 1. The van der Waals surface area contributed by atoms with E-state index in [-0.39, 0.29) is 49.1 Å². The van der Waals surface area contributed by atoms with Crippen molar-refractivity contribution in [2.75, 3.05) is 33.4 Å². The molecule has 1 aromatic rings. The molecule has 0 radical (unpaired) electrons. The van der Waals surface area contributed by atoms with Crippen molar-refractivity contribution in [3.63, 3.8) is 0 Å². The summed E-state index contributed by atoms with van der Waals surface area (Å²) in [6.45, 7) is -0.235. The van der Waals surface area contributed by atoms with Gasteiger partial charge >= 0.3 is 0 Å². The average Bonchev–Trinajstić information content (AvgIpc) is 3.74. The number of benzene rings is 1.